The highest BCUT2D eigenvalue weighted by molar-refractivity contribution is 7.20. The zero-order chi connectivity index (χ0) is 19.2. The minimum atomic E-state index is -0.750. The summed E-state index contributed by atoms with van der Waals surface area (Å²) in [5.41, 5.74) is -0.0750. The highest BCUT2D eigenvalue weighted by Crippen LogP contribution is 2.55. The van der Waals surface area contributed by atoms with Gasteiger partial charge in [0, 0.05) is 5.54 Å². The topological polar surface area (TPSA) is 84.5 Å². The smallest absolute Gasteiger partial charge is 0.341 e. The van der Waals surface area contributed by atoms with Gasteiger partial charge in [-0.1, -0.05) is 23.2 Å². The number of rotatable bonds is 4. The number of esters is 1. The number of thiophene rings is 1. The van der Waals surface area contributed by atoms with E-state index in [1.807, 2.05) is 0 Å². The molecule has 4 fully saturated rings. The minimum absolute atomic E-state index is 0.109. The number of amides is 3. The van der Waals surface area contributed by atoms with Gasteiger partial charge in [0.25, 0.3) is 5.91 Å². The number of halogens is 2. The fourth-order valence-corrected chi connectivity index (χ4v) is 6.83. The van der Waals surface area contributed by atoms with Crippen LogP contribution in [0.4, 0.5) is 4.79 Å². The summed E-state index contributed by atoms with van der Waals surface area (Å²) in [6, 6.07) is 0.865. The van der Waals surface area contributed by atoms with E-state index >= 15 is 0 Å². The predicted molar refractivity (Wildman–Crippen MR) is 102 cm³/mol. The Morgan fingerprint density at radius 3 is 2.22 bits per heavy atom. The molecule has 4 aliphatic carbocycles. The van der Waals surface area contributed by atoms with E-state index in [0.717, 1.165) is 30.6 Å². The van der Waals surface area contributed by atoms with Crippen LogP contribution < -0.4 is 10.6 Å². The van der Waals surface area contributed by atoms with Gasteiger partial charge in [-0.05, 0) is 62.3 Å². The van der Waals surface area contributed by atoms with E-state index in [1.54, 1.807) is 0 Å². The Kier molecular flexibility index (Phi) is 5.12. The van der Waals surface area contributed by atoms with Crippen LogP contribution in [-0.2, 0) is 9.53 Å². The molecule has 0 atom stereocenters. The van der Waals surface area contributed by atoms with Crippen molar-refractivity contribution < 1.29 is 19.1 Å². The molecule has 2 N–H and O–H groups in total. The third-order valence-corrected chi connectivity index (χ3v) is 7.37. The van der Waals surface area contributed by atoms with Crippen LogP contribution in [0.15, 0.2) is 6.07 Å². The van der Waals surface area contributed by atoms with E-state index < -0.39 is 24.5 Å². The summed E-state index contributed by atoms with van der Waals surface area (Å²) in [6.07, 6.45) is 6.79. The molecule has 0 spiro atoms. The van der Waals surface area contributed by atoms with Gasteiger partial charge in [-0.3, -0.25) is 10.1 Å². The first-order valence-electron chi connectivity index (χ1n) is 9.06. The molecule has 0 radical (unpaired) electrons. The Bertz CT molecular complexity index is 759. The van der Waals surface area contributed by atoms with Crippen molar-refractivity contribution in [3.63, 3.8) is 0 Å². The van der Waals surface area contributed by atoms with Crippen molar-refractivity contribution in [2.24, 2.45) is 17.8 Å². The van der Waals surface area contributed by atoms with Crippen molar-refractivity contribution in [2.75, 3.05) is 6.61 Å². The lowest BCUT2D eigenvalue weighted by Gasteiger charge is -2.56. The van der Waals surface area contributed by atoms with Crippen LogP contribution in [0, 0.1) is 17.8 Å². The molecule has 3 amide bonds. The summed E-state index contributed by atoms with van der Waals surface area (Å²) >= 11 is 12.7. The number of hydrogen-bond donors (Lipinski definition) is 2. The number of carbonyl (C=O) groups excluding carboxylic acids is 3. The van der Waals surface area contributed by atoms with E-state index in [4.69, 9.17) is 27.9 Å². The quantitative estimate of drug-likeness (QED) is 0.706. The fraction of sp³-hybridized carbons (Fsp3) is 0.611. The standard InChI is InChI=1S/C18H20Cl2N2O4S/c19-13-4-12(15(20)27-13)16(24)26-8-14(23)21-17(25)22-18-5-9-1-10(6-18)3-11(2-9)7-18/h4,9-11H,1-3,5-8H2,(H2,21,22,23,25). The third kappa shape index (κ3) is 4.10. The van der Waals surface area contributed by atoms with E-state index in [9.17, 15) is 14.4 Å². The summed E-state index contributed by atoms with van der Waals surface area (Å²) in [5.74, 6) is 0.643. The molecule has 6 nitrogen and oxygen atoms in total. The number of nitrogens with one attached hydrogen (secondary N) is 2. The second-order valence-corrected chi connectivity index (χ2v) is 10.3. The van der Waals surface area contributed by atoms with Gasteiger partial charge in [-0.2, -0.15) is 0 Å². The summed E-state index contributed by atoms with van der Waals surface area (Å²) in [7, 11) is 0. The predicted octanol–water partition coefficient (Wildman–Crippen LogP) is 4.01. The molecule has 4 aliphatic rings. The average Bonchev–Trinajstić information content (AvgIpc) is 2.89. The molecule has 4 saturated carbocycles. The van der Waals surface area contributed by atoms with Crippen LogP contribution in [0.1, 0.15) is 48.9 Å². The van der Waals surface area contributed by atoms with Crippen LogP contribution in [0.25, 0.3) is 0 Å². The van der Waals surface area contributed by atoms with Crippen molar-refractivity contribution in [3.8, 4) is 0 Å². The van der Waals surface area contributed by atoms with Gasteiger partial charge in [-0.25, -0.2) is 9.59 Å². The lowest BCUT2D eigenvalue weighted by atomic mass is 9.53. The van der Waals surface area contributed by atoms with Gasteiger partial charge in [-0.15, -0.1) is 11.3 Å². The van der Waals surface area contributed by atoms with E-state index in [-0.39, 0.29) is 15.4 Å². The fourth-order valence-electron chi connectivity index (χ4n) is 5.39. The van der Waals surface area contributed by atoms with Crippen molar-refractivity contribution in [2.45, 2.75) is 44.1 Å². The second-order valence-electron chi connectivity index (χ2n) is 8.01. The van der Waals surface area contributed by atoms with Gasteiger partial charge in [0.05, 0.1) is 9.90 Å². The van der Waals surface area contributed by atoms with E-state index in [0.29, 0.717) is 22.1 Å². The highest BCUT2D eigenvalue weighted by Gasteiger charge is 2.51. The van der Waals surface area contributed by atoms with Gasteiger partial charge in [0.1, 0.15) is 4.34 Å². The molecule has 27 heavy (non-hydrogen) atoms. The maximum Gasteiger partial charge on any atom is 0.341 e. The zero-order valence-electron chi connectivity index (χ0n) is 14.6. The SMILES string of the molecule is O=C(COC(=O)c1cc(Cl)sc1Cl)NC(=O)NC12CC3CC(CC(C3)C1)C2. The van der Waals surface area contributed by atoms with Crippen LogP contribution in [0.2, 0.25) is 8.67 Å². The molecule has 0 saturated heterocycles. The van der Waals surface area contributed by atoms with E-state index in [1.165, 1.54) is 25.3 Å². The largest absolute Gasteiger partial charge is 0.452 e. The summed E-state index contributed by atoms with van der Waals surface area (Å²) in [5, 5.41) is 5.30. The Hall–Kier alpha value is -1.31. The summed E-state index contributed by atoms with van der Waals surface area (Å²) < 4.78 is 5.46. The van der Waals surface area contributed by atoms with Crippen LogP contribution in [0.3, 0.4) is 0 Å². The number of imide groups is 1. The van der Waals surface area contributed by atoms with Gasteiger partial charge in [0.2, 0.25) is 0 Å². The minimum Gasteiger partial charge on any atom is -0.452 e. The molecule has 0 unspecified atom stereocenters. The molecule has 146 valence electrons. The van der Waals surface area contributed by atoms with Crippen molar-refractivity contribution in [1.29, 1.82) is 0 Å². The number of urea groups is 1. The molecule has 9 heteroatoms. The van der Waals surface area contributed by atoms with Gasteiger partial charge >= 0.3 is 12.0 Å². The zero-order valence-corrected chi connectivity index (χ0v) is 16.9. The first kappa shape index (κ1) is 19.0. The van der Waals surface area contributed by atoms with Crippen LogP contribution in [-0.4, -0.2) is 30.1 Å². The van der Waals surface area contributed by atoms with Gasteiger partial charge in [0.15, 0.2) is 6.61 Å². The van der Waals surface area contributed by atoms with Gasteiger partial charge < -0.3 is 10.1 Å². The lowest BCUT2D eigenvalue weighted by Crippen LogP contribution is -2.62. The Morgan fingerprint density at radius 1 is 1.11 bits per heavy atom. The third-order valence-electron chi connectivity index (χ3n) is 5.88. The Balaban J connectivity index is 1.27. The highest BCUT2D eigenvalue weighted by atomic mass is 35.5. The average molecular weight is 431 g/mol. The molecular weight excluding hydrogens is 411 g/mol. The number of ether oxygens (including phenoxy) is 1. The maximum atomic E-state index is 12.3. The van der Waals surface area contributed by atoms with Crippen LogP contribution in [0.5, 0.6) is 0 Å². The number of hydrogen-bond acceptors (Lipinski definition) is 5. The molecular formula is C18H20Cl2N2O4S. The normalized spacial score (nSPS) is 30.8. The van der Waals surface area contributed by atoms with Crippen LogP contribution >= 0.6 is 34.5 Å². The molecule has 1 aromatic heterocycles. The summed E-state index contributed by atoms with van der Waals surface area (Å²) in [4.78, 5) is 36.2. The maximum absolute atomic E-state index is 12.3. The van der Waals surface area contributed by atoms with Crippen molar-refractivity contribution >= 4 is 52.4 Å². The molecule has 1 aromatic rings. The monoisotopic (exact) mass is 430 g/mol. The molecule has 4 bridgehead atoms. The van der Waals surface area contributed by atoms with Crippen molar-refractivity contribution in [3.05, 3.63) is 20.3 Å². The van der Waals surface area contributed by atoms with Crippen molar-refractivity contribution in [1.82, 2.24) is 10.6 Å². The Morgan fingerprint density at radius 2 is 1.70 bits per heavy atom. The first-order chi connectivity index (χ1) is 12.8. The second kappa shape index (κ2) is 7.26. The first-order valence-corrected chi connectivity index (χ1v) is 10.6. The lowest BCUT2D eigenvalue weighted by molar-refractivity contribution is -0.123. The Labute approximate surface area is 170 Å². The molecule has 0 aliphatic heterocycles. The molecule has 1 heterocycles. The van der Waals surface area contributed by atoms with E-state index in [2.05, 4.69) is 10.6 Å². The molecule has 5 rings (SSSR count). The molecule has 0 aromatic carbocycles. The summed E-state index contributed by atoms with van der Waals surface area (Å²) in [6.45, 7) is -0.559. The number of carbonyl (C=O) groups is 3.